The van der Waals surface area contributed by atoms with Gasteiger partial charge in [0, 0.05) is 23.1 Å². The third-order valence-corrected chi connectivity index (χ3v) is 4.60. The van der Waals surface area contributed by atoms with Gasteiger partial charge in [-0.15, -0.1) is 0 Å². The van der Waals surface area contributed by atoms with Crippen LogP contribution < -0.4 is 0 Å². The van der Waals surface area contributed by atoms with Crippen molar-refractivity contribution in [1.82, 2.24) is 4.90 Å². The number of carbonyl (C=O) groups excluding carboxylic acids is 2. The van der Waals surface area contributed by atoms with Gasteiger partial charge >= 0.3 is 5.97 Å². The number of esters is 1. The van der Waals surface area contributed by atoms with E-state index in [4.69, 9.17) is 4.74 Å². The third-order valence-electron chi connectivity index (χ3n) is 3.75. The first-order valence-corrected chi connectivity index (χ1v) is 8.04. The van der Waals surface area contributed by atoms with E-state index in [0.717, 1.165) is 22.9 Å². The number of amides is 1. The molecule has 1 aromatic rings. The second-order valence-corrected chi connectivity index (χ2v) is 6.16. The zero-order chi connectivity index (χ0) is 15.4. The molecule has 1 aliphatic heterocycles. The van der Waals surface area contributed by atoms with E-state index in [-0.39, 0.29) is 17.8 Å². The Morgan fingerprint density at radius 2 is 2.19 bits per heavy atom. The van der Waals surface area contributed by atoms with Crippen molar-refractivity contribution in [2.24, 2.45) is 5.92 Å². The molecule has 0 spiro atoms. The summed E-state index contributed by atoms with van der Waals surface area (Å²) < 4.78 is 5.99. The molecule has 0 saturated carbocycles. The number of rotatable bonds is 3. The molecule has 0 radical (unpaired) electrons. The van der Waals surface area contributed by atoms with Crippen molar-refractivity contribution in [3.63, 3.8) is 0 Å². The molecule has 1 saturated heterocycles. The molecule has 114 valence electrons. The summed E-state index contributed by atoms with van der Waals surface area (Å²) in [7, 11) is 0. The minimum atomic E-state index is -0.198. The summed E-state index contributed by atoms with van der Waals surface area (Å²) in [5.74, 6) is -0.415. The average Bonchev–Trinajstić information content (AvgIpc) is 2.49. The molecule has 1 fully saturated rings. The summed E-state index contributed by atoms with van der Waals surface area (Å²) in [6.07, 6.45) is 1.63. The maximum Gasteiger partial charge on any atom is 0.310 e. The highest BCUT2D eigenvalue weighted by molar-refractivity contribution is 9.10. The first-order chi connectivity index (χ1) is 10.0. The average molecular weight is 354 g/mol. The van der Waals surface area contributed by atoms with Crippen molar-refractivity contribution in [3.8, 4) is 0 Å². The fourth-order valence-corrected chi connectivity index (χ4v) is 2.90. The lowest BCUT2D eigenvalue weighted by Crippen LogP contribution is -2.42. The molecular formula is C16H20BrNO3. The van der Waals surface area contributed by atoms with Gasteiger partial charge in [-0.2, -0.15) is 0 Å². The molecule has 4 nitrogen and oxygen atoms in total. The molecule has 0 N–H and O–H groups in total. The van der Waals surface area contributed by atoms with Gasteiger partial charge in [0.05, 0.1) is 12.5 Å². The van der Waals surface area contributed by atoms with E-state index in [0.29, 0.717) is 25.3 Å². The maximum absolute atomic E-state index is 12.5. The first-order valence-electron chi connectivity index (χ1n) is 7.25. The molecule has 1 atom stereocenters. The summed E-state index contributed by atoms with van der Waals surface area (Å²) >= 11 is 3.45. The Bertz CT molecular complexity index is 544. The van der Waals surface area contributed by atoms with E-state index in [9.17, 15) is 9.59 Å². The van der Waals surface area contributed by atoms with Crippen molar-refractivity contribution in [2.45, 2.75) is 26.7 Å². The second kappa shape index (κ2) is 7.07. The predicted molar refractivity (Wildman–Crippen MR) is 84.1 cm³/mol. The van der Waals surface area contributed by atoms with Crippen LogP contribution in [0.25, 0.3) is 0 Å². The second-order valence-electron chi connectivity index (χ2n) is 5.31. The van der Waals surface area contributed by atoms with Gasteiger partial charge in [0.25, 0.3) is 5.91 Å². The van der Waals surface area contributed by atoms with Crippen LogP contribution in [0.1, 0.15) is 35.7 Å². The quantitative estimate of drug-likeness (QED) is 0.784. The van der Waals surface area contributed by atoms with Gasteiger partial charge in [0.1, 0.15) is 0 Å². The molecule has 21 heavy (non-hydrogen) atoms. The number of nitrogens with zero attached hydrogens (tertiary/aromatic N) is 1. The van der Waals surface area contributed by atoms with E-state index >= 15 is 0 Å². The summed E-state index contributed by atoms with van der Waals surface area (Å²) in [5.41, 5.74) is 1.74. The fraction of sp³-hybridized carbons (Fsp3) is 0.500. The Morgan fingerprint density at radius 1 is 1.43 bits per heavy atom. The van der Waals surface area contributed by atoms with Crippen molar-refractivity contribution in [1.29, 1.82) is 0 Å². The topological polar surface area (TPSA) is 46.6 Å². The number of piperidine rings is 1. The highest BCUT2D eigenvalue weighted by Gasteiger charge is 2.29. The summed E-state index contributed by atoms with van der Waals surface area (Å²) in [4.78, 5) is 26.1. The monoisotopic (exact) mass is 353 g/mol. The number of carbonyl (C=O) groups is 2. The highest BCUT2D eigenvalue weighted by Crippen LogP contribution is 2.22. The number of aryl methyl sites for hydroxylation is 1. The van der Waals surface area contributed by atoms with Crippen molar-refractivity contribution in [3.05, 3.63) is 33.8 Å². The summed E-state index contributed by atoms with van der Waals surface area (Å²) in [6, 6.07) is 5.59. The van der Waals surface area contributed by atoms with Crippen LogP contribution in [0.3, 0.4) is 0 Å². The number of halogens is 1. The zero-order valence-electron chi connectivity index (χ0n) is 12.4. The zero-order valence-corrected chi connectivity index (χ0v) is 14.0. The fourth-order valence-electron chi connectivity index (χ4n) is 2.52. The molecule has 1 amide bonds. The number of hydrogen-bond acceptors (Lipinski definition) is 3. The lowest BCUT2D eigenvalue weighted by Gasteiger charge is -2.31. The van der Waals surface area contributed by atoms with Gasteiger partial charge in [-0.05, 0) is 44.4 Å². The van der Waals surface area contributed by atoms with Crippen molar-refractivity contribution in [2.75, 3.05) is 19.7 Å². The SMILES string of the molecule is CCOC(=O)[C@@H]1CCCN(C(=O)c2ccc(C)c(Br)c2)C1. The van der Waals surface area contributed by atoms with Crippen molar-refractivity contribution >= 4 is 27.8 Å². The van der Waals surface area contributed by atoms with Gasteiger partial charge in [0.2, 0.25) is 0 Å². The van der Waals surface area contributed by atoms with E-state index in [2.05, 4.69) is 15.9 Å². The smallest absolute Gasteiger partial charge is 0.310 e. The van der Waals surface area contributed by atoms with Gasteiger partial charge in [-0.3, -0.25) is 9.59 Å². The van der Waals surface area contributed by atoms with Crippen LogP contribution in [0.4, 0.5) is 0 Å². The highest BCUT2D eigenvalue weighted by atomic mass is 79.9. The molecule has 5 heteroatoms. The number of likely N-dealkylation sites (tertiary alicyclic amines) is 1. The van der Waals surface area contributed by atoms with Crippen LogP contribution in [0.15, 0.2) is 22.7 Å². The van der Waals surface area contributed by atoms with E-state index in [1.807, 2.05) is 25.1 Å². The Kier molecular flexibility index (Phi) is 5.39. The summed E-state index contributed by atoms with van der Waals surface area (Å²) in [5, 5.41) is 0. The lowest BCUT2D eigenvalue weighted by atomic mass is 9.97. The third kappa shape index (κ3) is 3.84. The van der Waals surface area contributed by atoms with Gasteiger partial charge in [-0.25, -0.2) is 0 Å². The Hall–Kier alpha value is -1.36. The van der Waals surface area contributed by atoms with Gasteiger partial charge < -0.3 is 9.64 Å². The molecule has 0 unspecified atom stereocenters. The molecule has 1 aliphatic rings. The van der Waals surface area contributed by atoms with Crippen LogP contribution >= 0.6 is 15.9 Å². The standard InChI is InChI=1S/C16H20BrNO3/c1-3-21-16(20)13-5-4-8-18(10-13)15(19)12-7-6-11(2)14(17)9-12/h6-7,9,13H,3-5,8,10H2,1-2H3/t13-/m1/s1. The summed E-state index contributed by atoms with van der Waals surface area (Å²) in [6.45, 7) is 5.31. The lowest BCUT2D eigenvalue weighted by molar-refractivity contribution is -0.149. The molecule has 1 aromatic carbocycles. The van der Waals surface area contributed by atoms with E-state index in [1.54, 1.807) is 11.8 Å². The van der Waals surface area contributed by atoms with Gasteiger partial charge in [-0.1, -0.05) is 22.0 Å². The van der Waals surface area contributed by atoms with Crippen LogP contribution in [-0.4, -0.2) is 36.5 Å². The largest absolute Gasteiger partial charge is 0.466 e. The van der Waals surface area contributed by atoms with E-state index in [1.165, 1.54) is 0 Å². The predicted octanol–water partition coefficient (Wildman–Crippen LogP) is 3.17. The molecule has 0 aromatic heterocycles. The Balaban J connectivity index is 2.08. The Morgan fingerprint density at radius 3 is 2.86 bits per heavy atom. The van der Waals surface area contributed by atoms with Crippen LogP contribution in [0.2, 0.25) is 0 Å². The van der Waals surface area contributed by atoms with Crippen LogP contribution in [0, 0.1) is 12.8 Å². The molecule has 0 bridgehead atoms. The molecule has 0 aliphatic carbocycles. The number of hydrogen-bond donors (Lipinski definition) is 0. The van der Waals surface area contributed by atoms with Gasteiger partial charge in [0.15, 0.2) is 0 Å². The maximum atomic E-state index is 12.5. The number of benzene rings is 1. The van der Waals surface area contributed by atoms with E-state index < -0.39 is 0 Å². The minimum Gasteiger partial charge on any atom is -0.466 e. The first kappa shape index (κ1) is 16.0. The molecular weight excluding hydrogens is 334 g/mol. The normalized spacial score (nSPS) is 18.4. The minimum absolute atomic E-state index is 0.0234. The van der Waals surface area contributed by atoms with Crippen LogP contribution in [0.5, 0.6) is 0 Å². The van der Waals surface area contributed by atoms with Crippen LogP contribution in [-0.2, 0) is 9.53 Å². The number of ether oxygens (including phenoxy) is 1. The van der Waals surface area contributed by atoms with Crippen molar-refractivity contribution < 1.29 is 14.3 Å². The Labute approximate surface area is 133 Å². The molecule has 2 rings (SSSR count). The molecule has 1 heterocycles.